The van der Waals surface area contributed by atoms with Gasteiger partial charge in [0.2, 0.25) is 0 Å². The zero-order valence-corrected chi connectivity index (χ0v) is 12.4. The molecule has 2 aliphatic rings. The molecular formula is C15H27NO3. The van der Waals surface area contributed by atoms with Gasteiger partial charge in [-0.3, -0.25) is 0 Å². The first-order valence-corrected chi connectivity index (χ1v) is 7.42. The van der Waals surface area contributed by atoms with Crippen LogP contribution < -0.4 is 0 Å². The first-order valence-electron chi connectivity index (χ1n) is 7.42. The zero-order valence-electron chi connectivity index (χ0n) is 12.4. The summed E-state index contributed by atoms with van der Waals surface area (Å²) in [6, 6.07) is 0. The fraction of sp³-hybridized carbons (Fsp3) is 0.933. The molecule has 1 aliphatic carbocycles. The number of ether oxygens (including phenoxy) is 1. The third kappa shape index (κ3) is 4.10. The molecule has 1 saturated heterocycles. The van der Waals surface area contributed by atoms with Crippen molar-refractivity contribution in [2.45, 2.75) is 58.5 Å². The van der Waals surface area contributed by atoms with Crippen molar-refractivity contribution in [3.8, 4) is 0 Å². The number of aliphatic hydroxyl groups excluding tert-OH is 1. The Morgan fingerprint density at radius 3 is 2.63 bits per heavy atom. The molecule has 4 nitrogen and oxygen atoms in total. The molecule has 1 amide bonds. The first kappa shape index (κ1) is 14.6. The summed E-state index contributed by atoms with van der Waals surface area (Å²) < 4.78 is 5.44. The van der Waals surface area contributed by atoms with Gasteiger partial charge in [0.25, 0.3) is 0 Å². The Balaban J connectivity index is 1.85. The maximum Gasteiger partial charge on any atom is 0.410 e. The monoisotopic (exact) mass is 269 g/mol. The van der Waals surface area contributed by atoms with Gasteiger partial charge < -0.3 is 14.7 Å². The van der Waals surface area contributed by atoms with Crippen LogP contribution >= 0.6 is 0 Å². The summed E-state index contributed by atoms with van der Waals surface area (Å²) in [6.07, 6.45) is 5.37. The topological polar surface area (TPSA) is 49.8 Å². The van der Waals surface area contributed by atoms with E-state index >= 15 is 0 Å². The van der Waals surface area contributed by atoms with E-state index in [0.717, 1.165) is 38.8 Å². The standard InChI is InChI=1S/C15H27NO3/c1-14(2,3)19-13(18)16-8-4-5-12(10-16)9-15(11-17)6-7-15/h12,17H,4-11H2,1-3H3. The smallest absolute Gasteiger partial charge is 0.410 e. The van der Waals surface area contributed by atoms with Crippen LogP contribution in [-0.4, -0.2) is 41.4 Å². The van der Waals surface area contributed by atoms with Crippen molar-refractivity contribution >= 4 is 6.09 Å². The summed E-state index contributed by atoms with van der Waals surface area (Å²) in [7, 11) is 0. The minimum absolute atomic E-state index is 0.182. The number of hydrogen-bond acceptors (Lipinski definition) is 3. The van der Waals surface area contributed by atoms with Crippen molar-refractivity contribution in [1.82, 2.24) is 4.90 Å². The van der Waals surface area contributed by atoms with Crippen LogP contribution in [-0.2, 0) is 4.74 Å². The van der Waals surface area contributed by atoms with E-state index in [0.29, 0.717) is 12.5 Å². The summed E-state index contributed by atoms with van der Waals surface area (Å²) in [5, 5.41) is 9.41. The molecule has 0 aromatic heterocycles. The second kappa shape index (κ2) is 5.31. The van der Waals surface area contributed by atoms with Crippen molar-refractivity contribution in [1.29, 1.82) is 0 Å². The van der Waals surface area contributed by atoms with Gasteiger partial charge in [-0.25, -0.2) is 4.79 Å². The number of nitrogens with zero attached hydrogens (tertiary/aromatic N) is 1. The molecule has 0 aromatic carbocycles. The second-order valence-corrected chi connectivity index (χ2v) is 7.30. The van der Waals surface area contributed by atoms with Crippen LogP contribution in [0.5, 0.6) is 0 Å². The van der Waals surface area contributed by atoms with E-state index in [1.165, 1.54) is 6.42 Å². The van der Waals surface area contributed by atoms with Gasteiger partial charge in [0, 0.05) is 19.7 Å². The lowest BCUT2D eigenvalue weighted by Crippen LogP contribution is -2.43. The summed E-state index contributed by atoms with van der Waals surface area (Å²) in [6.45, 7) is 7.59. The van der Waals surface area contributed by atoms with Crippen LogP contribution in [0, 0.1) is 11.3 Å². The molecule has 4 heteroatoms. The number of likely N-dealkylation sites (tertiary alicyclic amines) is 1. The lowest BCUT2D eigenvalue weighted by Gasteiger charge is -2.35. The quantitative estimate of drug-likeness (QED) is 0.857. The van der Waals surface area contributed by atoms with Gasteiger partial charge in [0.15, 0.2) is 0 Å². The molecule has 0 spiro atoms. The average Bonchev–Trinajstić information content (AvgIpc) is 3.08. The number of hydrogen-bond donors (Lipinski definition) is 1. The molecule has 1 saturated carbocycles. The van der Waals surface area contributed by atoms with E-state index in [4.69, 9.17) is 4.74 Å². The number of amides is 1. The molecule has 2 rings (SSSR count). The number of piperidine rings is 1. The van der Waals surface area contributed by atoms with Crippen LogP contribution in [0.2, 0.25) is 0 Å². The Kier molecular flexibility index (Phi) is 4.09. The lowest BCUT2D eigenvalue weighted by molar-refractivity contribution is 0.0142. The van der Waals surface area contributed by atoms with Crippen LogP contribution in [0.25, 0.3) is 0 Å². The van der Waals surface area contributed by atoms with Crippen molar-refractivity contribution in [2.75, 3.05) is 19.7 Å². The fourth-order valence-corrected chi connectivity index (χ4v) is 2.94. The Hall–Kier alpha value is -0.770. The Labute approximate surface area is 116 Å². The molecular weight excluding hydrogens is 242 g/mol. The van der Waals surface area contributed by atoms with Crippen molar-refractivity contribution in [3.63, 3.8) is 0 Å². The number of rotatable bonds is 3. The highest BCUT2D eigenvalue weighted by Crippen LogP contribution is 2.51. The molecule has 1 N–H and O–H groups in total. The van der Waals surface area contributed by atoms with Crippen molar-refractivity contribution in [2.24, 2.45) is 11.3 Å². The predicted octanol–water partition coefficient (Wildman–Crippen LogP) is 2.80. The lowest BCUT2D eigenvalue weighted by atomic mass is 9.87. The highest BCUT2D eigenvalue weighted by atomic mass is 16.6. The third-order valence-electron chi connectivity index (χ3n) is 4.18. The molecule has 1 heterocycles. The molecule has 110 valence electrons. The first-order chi connectivity index (χ1) is 8.84. The van der Waals surface area contributed by atoms with Gasteiger partial charge in [-0.05, 0) is 64.2 Å². The minimum Gasteiger partial charge on any atom is -0.444 e. The van der Waals surface area contributed by atoms with Crippen LogP contribution in [0.3, 0.4) is 0 Å². The van der Waals surface area contributed by atoms with Crippen LogP contribution in [0.15, 0.2) is 0 Å². The number of carbonyl (C=O) groups is 1. The average molecular weight is 269 g/mol. The van der Waals surface area contributed by atoms with Crippen LogP contribution in [0.4, 0.5) is 4.79 Å². The Morgan fingerprint density at radius 2 is 2.11 bits per heavy atom. The highest BCUT2D eigenvalue weighted by Gasteiger charge is 2.44. The normalized spacial score (nSPS) is 26.1. The maximum absolute atomic E-state index is 12.1. The zero-order chi connectivity index (χ0) is 14.1. The summed E-state index contributed by atoms with van der Waals surface area (Å²) >= 11 is 0. The van der Waals surface area contributed by atoms with Crippen molar-refractivity contribution < 1.29 is 14.6 Å². The second-order valence-electron chi connectivity index (χ2n) is 7.30. The van der Waals surface area contributed by atoms with E-state index in [1.807, 2.05) is 25.7 Å². The fourth-order valence-electron chi connectivity index (χ4n) is 2.94. The van der Waals surface area contributed by atoms with E-state index < -0.39 is 5.60 Å². The Bertz CT molecular complexity index is 331. The predicted molar refractivity (Wildman–Crippen MR) is 73.9 cm³/mol. The molecule has 1 aliphatic heterocycles. The summed E-state index contributed by atoms with van der Waals surface area (Å²) in [4.78, 5) is 13.9. The SMILES string of the molecule is CC(C)(C)OC(=O)N1CCCC(CC2(CO)CC2)C1. The largest absolute Gasteiger partial charge is 0.444 e. The molecule has 0 aromatic rings. The summed E-state index contributed by atoms with van der Waals surface area (Å²) in [5.41, 5.74) is -0.242. The van der Waals surface area contributed by atoms with E-state index in [1.54, 1.807) is 0 Å². The van der Waals surface area contributed by atoms with Gasteiger partial charge in [-0.15, -0.1) is 0 Å². The van der Waals surface area contributed by atoms with E-state index in [2.05, 4.69) is 0 Å². The molecule has 2 fully saturated rings. The molecule has 1 unspecified atom stereocenters. The van der Waals surface area contributed by atoms with Gasteiger partial charge in [0.05, 0.1) is 0 Å². The molecule has 19 heavy (non-hydrogen) atoms. The highest BCUT2D eigenvalue weighted by molar-refractivity contribution is 5.68. The van der Waals surface area contributed by atoms with Crippen LogP contribution in [0.1, 0.15) is 52.9 Å². The van der Waals surface area contributed by atoms with Gasteiger partial charge in [-0.2, -0.15) is 0 Å². The number of carbonyl (C=O) groups excluding carboxylic acids is 1. The van der Waals surface area contributed by atoms with Gasteiger partial charge >= 0.3 is 6.09 Å². The summed E-state index contributed by atoms with van der Waals surface area (Å²) in [5.74, 6) is 0.524. The molecule has 1 atom stereocenters. The van der Waals surface area contributed by atoms with Gasteiger partial charge in [-0.1, -0.05) is 0 Å². The van der Waals surface area contributed by atoms with E-state index in [9.17, 15) is 9.90 Å². The Morgan fingerprint density at radius 1 is 1.42 bits per heavy atom. The molecule has 0 bridgehead atoms. The molecule has 0 radical (unpaired) electrons. The minimum atomic E-state index is -0.424. The number of aliphatic hydroxyl groups is 1. The van der Waals surface area contributed by atoms with Gasteiger partial charge in [0.1, 0.15) is 5.60 Å². The van der Waals surface area contributed by atoms with Crippen molar-refractivity contribution in [3.05, 3.63) is 0 Å². The maximum atomic E-state index is 12.1. The third-order valence-corrected chi connectivity index (χ3v) is 4.18. The van der Waals surface area contributed by atoms with E-state index in [-0.39, 0.29) is 11.5 Å².